The van der Waals surface area contributed by atoms with Gasteiger partial charge in [-0.2, -0.15) is 0 Å². The molecular weight excluding hydrogens is 350 g/mol. The van der Waals surface area contributed by atoms with E-state index in [-0.39, 0.29) is 0 Å². The quantitative estimate of drug-likeness (QED) is 0.749. The van der Waals surface area contributed by atoms with E-state index < -0.39 is 0 Å². The third kappa shape index (κ3) is 3.61. The van der Waals surface area contributed by atoms with Crippen LogP contribution in [0.3, 0.4) is 0 Å². The van der Waals surface area contributed by atoms with E-state index in [2.05, 4.69) is 34.3 Å². The van der Waals surface area contributed by atoms with Gasteiger partial charge in [0.2, 0.25) is 0 Å². The van der Waals surface area contributed by atoms with Crippen molar-refractivity contribution in [3.05, 3.63) is 33.5 Å². The lowest BCUT2D eigenvalue weighted by molar-refractivity contribution is 0.604. The lowest BCUT2D eigenvalue weighted by Crippen LogP contribution is -2.07. The number of nitrogens with two attached hydrogens (primary N) is 1. The second-order valence-electron chi connectivity index (χ2n) is 5.14. The number of rotatable bonds is 6. The van der Waals surface area contributed by atoms with Gasteiger partial charge in [-0.15, -0.1) is 0 Å². The molecule has 1 aromatic carbocycles. The van der Waals surface area contributed by atoms with Gasteiger partial charge in [0.15, 0.2) is 0 Å². The van der Waals surface area contributed by atoms with Crippen LogP contribution in [0.2, 0.25) is 5.02 Å². The van der Waals surface area contributed by atoms with Crippen molar-refractivity contribution in [3.63, 3.8) is 0 Å². The fourth-order valence-corrected chi connectivity index (χ4v) is 3.24. The average molecular weight is 371 g/mol. The van der Waals surface area contributed by atoms with Gasteiger partial charge in [0, 0.05) is 28.0 Å². The lowest BCUT2D eigenvalue weighted by Gasteiger charge is -2.08. The van der Waals surface area contributed by atoms with Crippen LogP contribution in [-0.2, 0) is 13.0 Å². The molecule has 0 spiro atoms. The predicted octanol–water partition coefficient (Wildman–Crippen LogP) is 5.30. The van der Waals surface area contributed by atoms with Crippen molar-refractivity contribution >= 4 is 33.3 Å². The van der Waals surface area contributed by atoms with E-state index in [1.807, 2.05) is 18.2 Å². The number of imidazole rings is 1. The maximum Gasteiger partial charge on any atom is 0.131 e. The van der Waals surface area contributed by atoms with Crippen LogP contribution in [0.1, 0.15) is 38.9 Å². The van der Waals surface area contributed by atoms with Crippen LogP contribution in [-0.4, -0.2) is 9.55 Å². The molecule has 0 saturated carbocycles. The first kappa shape index (κ1) is 16.4. The average Bonchev–Trinajstić information content (AvgIpc) is 2.74. The second kappa shape index (κ2) is 7.32. The fraction of sp³-hybridized carbons (Fsp3) is 0.438. The SMILES string of the molecule is CCCCn1c(CCC)nc(-c2ccc(Cl)cc2Br)c1N. The Morgan fingerprint density at radius 2 is 2.05 bits per heavy atom. The first-order valence-electron chi connectivity index (χ1n) is 7.38. The van der Waals surface area contributed by atoms with Gasteiger partial charge < -0.3 is 10.3 Å². The Balaban J connectivity index is 2.48. The number of nitrogens with zero attached hydrogens (tertiary/aromatic N) is 2. The summed E-state index contributed by atoms with van der Waals surface area (Å²) in [5.74, 6) is 1.82. The van der Waals surface area contributed by atoms with Crippen LogP contribution in [0, 0.1) is 0 Å². The van der Waals surface area contributed by atoms with Crippen molar-refractivity contribution in [3.8, 4) is 11.3 Å². The third-order valence-electron chi connectivity index (χ3n) is 3.48. The van der Waals surface area contributed by atoms with Crippen molar-refractivity contribution in [1.29, 1.82) is 0 Å². The molecule has 3 nitrogen and oxygen atoms in total. The van der Waals surface area contributed by atoms with E-state index in [1.54, 1.807) is 0 Å². The standard InChI is InChI=1S/C16H21BrClN3/c1-3-5-9-21-14(6-4-2)20-15(16(21)19)12-8-7-11(18)10-13(12)17/h7-8,10H,3-6,9,19H2,1-2H3. The molecule has 2 aromatic rings. The maximum atomic E-state index is 6.36. The molecule has 2 N–H and O–H groups in total. The Morgan fingerprint density at radius 3 is 2.67 bits per heavy atom. The molecule has 0 radical (unpaired) electrons. The molecule has 1 aromatic heterocycles. The predicted molar refractivity (Wildman–Crippen MR) is 93.7 cm³/mol. The highest BCUT2D eigenvalue weighted by molar-refractivity contribution is 9.10. The summed E-state index contributed by atoms with van der Waals surface area (Å²) in [6, 6.07) is 5.71. The second-order valence-corrected chi connectivity index (χ2v) is 6.43. The molecular formula is C16H21BrClN3. The summed E-state index contributed by atoms with van der Waals surface area (Å²) in [6.45, 7) is 5.27. The Morgan fingerprint density at radius 1 is 1.29 bits per heavy atom. The van der Waals surface area contributed by atoms with Crippen molar-refractivity contribution in [2.75, 3.05) is 5.73 Å². The van der Waals surface area contributed by atoms with Crippen molar-refractivity contribution in [2.24, 2.45) is 0 Å². The van der Waals surface area contributed by atoms with E-state index >= 15 is 0 Å². The molecule has 5 heteroatoms. The minimum Gasteiger partial charge on any atom is -0.383 e. The largest absolute Gasteiger partial charge is 0.383 e. The summed E-state index contributed by atoms with van der Waals surface area (Å²) in [4.78, 5) is 4.78. The summed E-state index contributed by atoms with van der Waals surface area (Å²) in [7, 11) is 0. The number of nitrogen functional groups attached to an aromatic ring is 1. The fourth-order valence-electron chi connectivity index (χ4n) is 2.37. The van der Waals surface area contributed by atoms with E-state index in [9.17, 15) is 0 Å². The van der Waals surface area contributed by atoms with E-state index in [0.717, 1.165) is 59.6 Å². The van der Waals surface area contributed by atoms with Crippen molar-refractivity contribution in [2.45, 2.75) is 46.1 Å². The van der Waals surface area contributed by atoms with Gasteiger partial charge in [0.05, 0.1) is 0 Å². The number of benzene rings is 1. The highest BCUT2D eigenvalue weighted by Gasteiger charge is 2.17. The van der Waals surface area contributed by atoms with Crippen LogP contribution in [0.15, 0.2) is 22.7 Å². The Kier molecular flexibility index (Phi) is 5.71. The summed E-state index contributed by atoms with van der Waals surface area (Å²) >= 11 is 9.57. The summed E-state index contributed by atoms with van der Waals surface area (Å²) in [6.07, 6.45) is 4.25. The zero-order valence-electron chi connectivity index (χ0n) is 12.5. The minimum atomic E-state index is 0.698. The smallest absolute Gasteiger partial charge is 0.131 e. The molecule has 0 amide bonds. The highest BCUT2D eigenvalue weighted by Crippen LogP contribution is 2.34. The maximum absolute atomic E-state index is 6.36. The molecule has 114 valence electrons. The van der Waals surface area contributed by atoms with E-state index in [1.165, 1.54) is 0 Å². The topological polar surface area (TPSA) is 43.8 Å². The number of anilines is 1. The molecule has 0 atom stereocenters. The molecule has 21 heavy (non-hydrogen) atoms. The molecule has 0 aliphatic rings. The molecule has 0 saturated heterocycles. The molecule has 0 aliphatic heterocycles. The Labute approximate surface area is 139 Å². The summed E-state index contributed by atoms with van der Waals surface area (Å²) < 4.78 is 3.08. The first-order chi connectivity index (χ1) is 10.1. The van der Waals surface area contributed by atoms with Gasteiger partial charge in [-0.3, -0.25) is 0 Å². The molecule has 0 unspecified atom stereocenters. The number of hydrogen-bond acceptors (Lipinski definition) is 2. The van der Waals surface area contributed by atoms with Crippen LogP contribution < -0.4 is 5.73 Å². The van der Waals surface area contributed by atoms with Gasteiger partial charge in [0.25, 0.3) is 0 Å². The number of aryl methyl sites for hydroxylation is 1. The van der Waals surface area contributed by atoms with Crippen LogP contribution in [0.25, 0.3) is 11.3 Å². The zero-order valence-corrected chi connectivity index (χ0v) is 14.8. The highest BCUT2D eigenvalue weighted by atomic mass is 79.9. The number of halogens is 2. The number of aromatic nitrogens is 2. The molecule has 0 aliphatic carbocycles. The normalized spacial score (nSPS) is 11.0. The monoisotopic (exact) mass is 369 g/mol. The van der Waals surface area contributed by atoms with E-state index in [0.29, 0.717) is 5.02 Å². The third-order valence-corrected chi connectivity index (χ3v) is 4.37. The first-order valence-corrected chi connectivity index (χ1v) is 8.55. The molecule has 2 rings (SSSR count). The number of hydrogen-bond donors (Lipinski definition) is 1. The van der Waals surface area contributed by atoms with Crippen molar-refractivity contribution in [1.82, 2.24) is 9.55 Å². The molecule has 0 fully saturated rings. The molecule has 1 heterocycles. The van der Waals surface area contributed by atoms with Gasteiger partial charge in [-0.25, -0.2) is 4.98 Å². The van der Waals surface area contributed by atoms with Gasteiger partial charge in [-0.05, 0) is 25.0 Å². The summed E-state index contributed by atoms with van der Waals surface area (Å²) in [5, 5.41) is 0.698. The molecule has 0 bridgehead atoms. The van der Waals surface area contributed by atoms with Gasteiger partial charge in [-0.1, -0.05) is 53.9 Å². The minimum absolute atomic E-state index is 0.698. The lowest BCUT2D eigenvalue weighted by atomic mass is 10.1. The van der Waals surface area contributed by atoms with Crippen molar-refractivity contribution < 1.29 is 0 Å². The van der Waals surface area contributed by atoms with E-state index in [4.69, 9.17) is 22.3 Å². The summed E-state index contributed by atoms with van der Waals surface area (Å²) in [5.41, 5.74) is 8.20. The van der Waals surface area contributed by atoms with Crippen LogP contribution in [0.4, 0.5) is 5.82 Å². The van der Waals surface area contributed by atoms with Gasteiger partial charge >= 0.3 is 0 Å². The van der Waals surface area contributed by atoms with Gasteiger partial charge in [0.1, 0.15) is 17.3 Å². The Hall–Kier alpha value is -1.00. The Bertz CT molecular complexity index is 622. The zero-order chi connectivity index (χ0) is 15.4. The number of unbranched alkanes of at least 4 members (excludes halogenated alkanes) is 1. The van der Waals surface area contributed by atoms with Crippen LogP contribution in [0.5, 0.6) is 0 Å². The van der Waals surface area contributed by atoms with Crippen LogP contribution >= 0.6 is 27.5 Å².